The van der Waals surface area contributed by atoms with Gasteiger partial charge in [-0.1, -0.05) is 6.08 Å². The van der Waals surface area contributed by atoms with Crippen molar-refractivity contribution in [2.24, 2.45) is 0 Å². The van der Waals surface area contributed by atoms with Gasteiger partial charge in [0.05, 0.1) is 0 Å². The van der Waals surface area contributed by atoms with Crippen LogP contribution in [0.1, 0.15) is 13.3 Å². The number of amides is 2. The second-order valence-electron chi connectivity index (χ2n) is 2.69. The fraction of sp³-hybridized carbons (Fsp3) is 0.375. The molecule has 13 heavy (non-hydrogen) atoms. The lowest BCUT2D eigenvalue weighted by Crippen LogP contribution is -2.48. The van der Waals surface area contributed by atoms with E-state index >= 15 is 0 Å². The van der Waals surface area contributed by atoms with Crippen LogP contribution in [-0.4, -0.2) is 33.8 Å². The van der Waals surface area contributed by atoms with Crippen LogP contribution in [0, 0.1) is 0 Å². The first-order valence-electron chi connectivity index (χ1n) is 3.75. The molecule has 0 spiro atoms. The molecule has 0 aromatic carbocycles. The summed E-state index contributed by atoms with van der Waals surface area (Å²) in [6, 6.07) is 0. The number of Topliss-reactive ketones (excluding diaryl/α,β-unsaturated/α-hetero) is 1. The number of hydrogen-bond acceptors (Lipinski definition) is 4. The number of rotatable bonds is 2. The van der Waals surface area contributed by atoms with Gasteiger partial charge in [0.1, 0.15) is 0 Å². The standard InChI is InChI=1S/C8H9NO4/c1-5(10)8(13)9-6(11)3-2-4-7(9)12/h2-3,8,13H,4H2,1H3. The Labute approximate surface area is 74.6 Å². The van der Waals surface area contributed by atoms with E-state index in [1.807, 2.05) is 0 Å². The summed E-state index contributed by atoms with van der Waals surface area (Å²) >= 11 is 0. The molecule has 0 fully saturated rings. The first-order valence-corrected chi connectivity index (χ1v) is 3.75. The molecule has 1 aliphatic rings. The molecule has 0 radical (unpaired) electrons. The van der Waals surface area contributed by atoms with Crippen molar-refractivity contribution in [3.05, 3.63) is 12.2 Å². The van der Waals surface area contributed by atoms with Crippen molar-refractivity contribution in [1.29, 1.82) is 0 Å². The van der Waals surface area contributed by atoms with Crippen LogP contribution >= 0.6 is 0 Å². The maximum atomic E-state index is 11.1. The van der Waals surface area contributed by atoms with Crippen LogP contribution < -0.4 is 0 Å². The van der Waals surface area contributed by atoms with Gasteiger partial charge in [0.15, 0.2) is 12.0 Å². The summed E-state index contributed by atoms with van der Waals surface area (Å²) in [5.74, 6) is -1.84. The van der Waals surface area contributed by atoms with E-state index in [1.54, 1.807) is 0 Å². The van der Waals surface area contributed by atoms with Gasteiger partial charge in [-0.05, 0) is 6.92 Å². The number of imide groups is 1. The molecule has 0 aromatic heterocycles. The minimum Gasteiger partial charge on any atom is -0.366 e. The molecule has 1 atom stereocenters. The van der Waals surface area contributed by atoms with Crippen molar-refractivity contribution in [3.8, 4) is 0 Å². The number of carbonyl (C=O) groups excluding carboxylic acids is 3. The molecule has 70 valence electrons. The molecule has 1 N–H and O–H groups in total. The molecule has 0 bridgehead atoms. The zero-order valence-electron chi connectivity index (χ0n) is 7.06. The summed E-state index contributed by atoms with van der Waals surface area (Å²) in [6.45, 7) is 1.11. The second kappa shape index (κ2) is 3.49. The largest absolute Gasteiger partial charge is 0.366 e. The molecule has 1 rings (SSSR count). The first kappa shape index (κ1) is 9.60. The van der Waals surface area contributed by atoms with Crippen LogP contribution in [0.15, 0.2) is 12.2 Å². The van der Waals surface area contributed by atoms with Crippen LogP contribution in [0.3, 0.4) is 0 Å². The lowest BCUT2D eigenvalue weighted by Gasteiger charge is -2.24. The Bertz CT molecular complexity index is 295. The first-order chi connectivity index (χ1) is 6.04. The quantitative estimate of drug-likeness (QED) is 0.569. The van der Waals surface area contributed by atoms with Gasteiger partial charge in [0.25, 0.3) is 5.91 Å². The van der Waals surface area contributed by atoms with E-state index in [0.29, 0.717) is 4.90 Å². The van der Waals surface area contributed by atoms with Gasteiger partial charge in [-0.15, -0.1) is 0 Å². The molecular formula is C8H9NO4. The molecule has 5 nitrogen and oxygen atoms in total. The predicted octanol–water partition coefficient (Wildman–Crippen LogP) is -0.791. The summed E-state index contributed by atoms with van der Waals surface area (Å²) < 4.78 is 0. The maximum absolute atomic E-state index is 11.1. The van der Waals surface area contributed by atoms with Gasteiger partial charge < -0.3 is 5.11 Å². The average Bonchev–Trinajstić information content (AvgIpc) is 2.03. The van der Waals surface area contributed by atoms with E-state index < -0.39 is 23.8 Å². The Kier molecular flexibility index (Phi) is 2.57. The second-order valence-corrected chi connectivity index (χ2v) is 2.69. The van der Waals surface area contributed by atoms with E-state index in [4.69, 9.17) is 0 Å². The normalized spacial score (nSPS) is 19.1. The molecule has 5 heteroatoms. The number of nitrogens with zero attached hydrogens (tertiary/aromatic N) is 1. The van der Waals surface area contributed by atoms with Crippen LogP contribution in [-0.2, 0) is 14.4 Å². The molecule has 1 heterocycles. The zero-order chi connectivity index (χ0) is 10.0. The van der Waals surface area contributed by atoms with E-state index in [9.17, 15) is 19.5 Å². The number of ketones is 1. The summed E-state index contributed by atoms with van der Waals surface area (Å²) in [5, 5.41) is 9.19. The smallest absolute Gasteiger partial charge is 0.255 e. The molecule has 0 saturated heterocycles. The number of hydrogen-bond donors (Lipinski definition) is 1. The monoisotopic (exact) mass is 183 g/mol. The topological polar surface area (TPSA) is 74.7 Å². The van der Waals surface area contributed by atoms with Crippen molar-refractivity contribution < 1.29 is 19.5 Å². The van der Waals surface area contributed by atoms with Gasteiger partial charge in [0, 0.05) is 12.5 Å². The molecule has 0 aliphatic carbocycles. The number of aliphatic hydroxyl groups is 1. The summed E-state index contributed by atoms with van der Waals surface area (Å²) in [7, 11) is 0. The molecule has 0 aromatic rings. The highest BCUT2D eigenvalue weighted by Gasteiger charge is 2.30. The highest BCUT2D eigenvalue weighted by molar-refractivity contribution is 6.06. The van der Waals surface area contributed by atoms with Gasteiger partial charge in [-0.2, -0.15) is 0 Å². The van der Waals surface area contributed by atoms with E-state index in [1.165, 1.54) is 6.08 Å². The minimum atomic E-state index is -1.65. The zero-order valence-corrected chi connectivity index (χ0v) is 7.06. The van der Waals surface area contributed by atoms with Gasteiger partial charge in [-0.25, -0.2) is 4.90 Å². The van der Waals surface area contributed by atoms with Crippen molar-refractivity contribution in [2.75, 3.05) is 0 Å². The Morgan fingerprint density at radius 3 is 2.69 bits per heavy atom. The van der Waals surface area contributed by atoms with Crippen molar-refractivity contribution in [3.63, 3.8) is 0 Å². The van der Waals surface area contributed by atoms with Gasteiger partial charge in [-0.3, -0.25) is 14.4 Å². The van der Waals surface area contributed by atoms with Crippen LogP contribution in [0.2, 0.25) is 0 Å². The van der Waals surface area contributed by atoms with Gasteiger partial charge >= 0.3 is 0 Å². The fourth-order valence-electron chi connectivity index (χ4n) is 1.00. The van der Waals surface area contributed by atoms with Crippen molar-refractivity contribution >= 4 is 17.6 Å². The average molecular weight is 183 g/mol. The molecule has 0 saturated carbocycles. The maximum Gasteiger partial charge on any atom is 0.255 e. The molecule has 2 amide bonds. The molecular weight excluding hydrogens is 174 g/mol. The summed E-state index contributed by atoms with van der Waals surface area (Å²) in [5.41, 5.74) is 0. The Morgan fingerprint density at radius 2 is 2.23 bits per heavy atom. The minimum absolute atomic E-state index is 0.0378. The predicted molar refractivity (Wildman–Crippen MR) is 42.3 cm³/mol. The third kappa shape index (κ3) is 1.81. The lowest BCUT2D eigenvalue weighted by molar-refractivity contribution is -0.159. The molecule has 1 unspecified atom stereocenters. The molecule has 1 aliphatic heterocycles. The highest BCUT2D eigenvalue weighted by Crippen LogP contribution is 2.08. The number of carbonyl (C=O) groups is 3. The van der Waals surface area contributed by atoms with E-state index in [-0.39, 0.29) is 6.42 Å². The lowest BCUT2D eigenvalue weighted by atomic mass is 10.2. The third-order valence-electron chi connectivity index (χ3n) is 1.67. The highest BCUT2D eigenvalue weighted by atomic mass is 16.3. The summed E-state index contributed by atoms with van der Waals surface area (Å²) in [6.07, 6.45) is 0.947. The fourth-order valence-corrected chi connectivity index (χ4v) is 1.00. The van der Waals surface area contributed by atoms with Crippen molar-refractivity contribution in [2.45, 2.75) is 19.6 Å². The SMILES string of the molecule is CC(=O)C(O)N1C(=O)C=CCC1=O. The van der Waals surface area contributed by atoms with Crippen LogP contribution in [0.4, 0.5) is 0 Å². The van der Waals surface area contributed by atoms with Crippen molar-refractivity contribution in [1.82, 2.24) is 4.90 Å². The van der Waals surface area contributed by atoms with Crippen LogP contribution in [0.25, 0.3) is 0 Å². The number of aliphatic hydroxyl groups excluding tert-OH is 1. The van der Waals surface area contributed by atoms with E-state index in [0.717, 1.165) is 13.0 Å². The Balaban J connectivity index is 2.89. The van der Waals surface area contributed by atoms with E-state index in [2.05, 4.69) is 0 Å². The Morgan fingerprint density at radius 1 is 1.62 bits per heavy atom. The summed E-state index contributed by atoms with van der Waals surface area (Å²) in [4.78, 5) is 33.4. The van der Waals surface area contributed by atoms with Gasteiger partial charge in [0.2, 0.25) is 5.91 Å². The third-order valence-corrected chi connectivity index (χ3v) is 1.67. The Hall–Kier alpha value is -1.49. The van der Waals surface area contributed by atoms with Crippen LogP contribution in [0.5, 0.6) is 0 Å².